The molecule has 8 heteroatoms. The Morgan fingerprint density at radius 1 is 0.500 bits per heavy atom. The van der Waals surface area contributed by atoms with E-state index in [-0.39, 0.29) is 10.0 Å². The van der Waals surface area contributed by atoms with Crippen molar-refractivity contribution < 1.29 is 7.53 Å². The van der Waals surface area contributed by atoms with Gasteiger partial charge in [-0.2, -0.15) is 0 Å². The molecule has 2 nitrogen and oxygen atoms in total. The first-order chi connectivity index (χ1) is 12.2. The monoisotopic (exact) mass is 566 g/mol. The average molecular weight is 565 g/mol. The van der Waals surface area contributed by atoms with Gasteiger partial charge in [0.05, 0.1) is 0 Å². The molecule has 0 spiro atoms. The Morgan fingerprint density at radius 2 is 0.731 bits per heavy atom. The van der Waals surface area contributed by atoms with Gasteiger partial charge in [0, 0.05) is 0 Å². The van der Waals surface area contributed by atoms with E-state index in [0.29, 0.717) is 21.5 Å². The van der Waals surface area contributed by atoms with Crippen molar-refractivity contribution >= 4 is 73.6 Å². The second-order valence-corrected chi connectivity index (χ2v) is 27.8. The van der Waals surface area contributed by atoms with Crippen molar-refractivity contribution in [3.8, 4) is 11.5 Å². The summed E-state index contributed by atoms with van der Waals surface area (Å²) in [6, 6.07) is 0. The van der Waals surface area contributed by atoms with E-state index in [9.17, 15) is 0 Å². The van der Waals surface area contributed by atoms with Gasteiger partial charge in [0.25, 0.3) is 0 Å². The zero-order chi connectivity index (χ0) is 20.1. The predicted octanol–water partition coefficient (Wildman–Crippen LogP) is 9.07. The maximum absolute atomic E-state index is 6.64. The summed E-state index contributed by atoms with van der Waals surface area (Å²) in [5.74, 6) is 1.03. The van der Waals surface area contributed by atoms with Gasteiger partial charge in [-0.25, -0.2) is 0 Å². The molecule has 0 aliphatic rings. The molecule has 1 aromatic rings. The second kappa shape index (κ2) is 10.7. The quantitative estimate of drug-likeness (QED) is 0.160. The van der Waals surface area contributed by atoms with Crippen molar-refractivity contribution in [2.75, 3.05) is 0 Å². The molecule has 0 fully saturated rings. The van der Waals surface area contributed by atoms with Gasteiger partial charge in [0.15, 0.2) is 0 Å². The molecule has 0 unspecified atom stereocenters. The molecule has 0 aliphatic carbocycles. The van der Waals surface area contributed by atoms with Crippen LogP contribution in [0.4, 0.5) is 0 Å². The van der Waals surface area contributed by atoms with E-state index in [0.717, 1.165) is 31.5 Å². The Morgan fingerprint density at radius 3 is 0.923 bits per heavy atom. The van der Waals surface area contributed by atoms with Crippen molar-refractivity contribution in [2.24, 2.45) is 0 Å². The van der Waals surface area contributed by atoms with E-state index in [4.69, 9.17) is 53.9 Å². The van der Waals surface area contributed by atoms with E-state index in [2.05, 4.69) is 41.5 Å². The summed E-state index contributed by atoms with van der Waals surface area (Å²) >= 11 is 20.7. The summed E-state index contributed by atoms with van der Waals surface area (Å²) in [6.07, 6.45) is 0. The van der Waals surface area contributed by atoms with Gasteiger partial charge < -0.3 is 0 Å². The third-order valence-corrected chi connectivity index (χ3v) is 26.3. The summed E-state index contributed by atoms with van der Waals surface area (Å²) in [5.41, 5.74) is 0. The van der Waals surface area contributed by atoms with Gasteiger partial charge in [-0.1, -0.05) is 0 Å². The van der Waals surface area contributed by atoms with Crippen molar-refractivity contribution in [3.63, 3.8) is 0 Å². The Hall–Kier alpha value is 1.07. The Balaban J connectivity index is 3.63. The summed E-state index contributed by atoms with van der Waals surface area (Å²) < 4.78 is 13.3. The zero-order valence-electron chi connectivity index (χ0n) is 16.6. The van der Waals surface area contributed by atoms with E-state index in [1.54, 1.807) is 0 Å². The number of benzene rings is 1. The van der Waals surface area contributed by atoms with Crippen LogP contribution in [0.15, 0.2) is 0 Å². The molecular weight excluding hydrogens is 535 g/mol. The van der Waals surface area contributed by atoms with E-state index < -0.39 is 27.2 Å². The standard InChI is InChI=1S/C18H30Cl4Ge2O2/c1-7-23(8-2,9-3)25-17-15(21)13(19)14(20)16(22)18(17)26-24(10-4,11-5)12-6/h7-12H2,1-6H3. The Kier molecular flexibility index (Phi) is 10.4. The minimum atomic E-state index is -2.57. The van der Waals surface area contributed by atoms with Gasteiger partial charge in [0.1, 0.15) is 0 Å². The topological polar surface area (TPSA) is 18.5 Å². The zero-order valence-corrected chi connectivity index (χ0v) is 23.8. The first kappa shape index (κ1) is 25.1. The SMILES string of the molecule is C[CH2][Ge]([CH2]C)([CH2]C)[O]c1c(Cl)c(Cl)c(Cl)c(Cl)c1[O][Ge]([CH2]C)([CH2]C)[CH2]C. The van der Waals surface area contributed by atoms with Crippen LogP contribution in [0.1, 0.15) is 41.5 Å². The molecule has 0 saturated carbocycles. The molecule has 0 N–H and O–H groups in total. The van der Waals surface area contributed by atoms with Crippen molar-refractivity contribution in [1.29, 1.82) is 0 Å². The first-order valence-electron chi connectivity index (χ1n) is 9.44. The van der Waals surface area contributed by atoms with E-state index in [1.165, 1.54) is 0 Å². The van der Waals surface area contributed by atoms with Gasteiger partial charge in [-0.3, -0.25) is 0 Å². The summed E-state index contributed by atoms with van der Waals surface area (Å²) in [6.45, 7) is 13.1. The average Bonchev–Trinajstić information content (AvgIpc) is 2.68. The third kappa shape index (κ3) is 5.16. The van der Waals surface area contributed by atoms with E-state index >= 15 is 0 Å². The van der Waals surface area contributed by atoms with Crippen LogP contribution in [0.25, 0.3) is 0 Å². The van der Waals surface area contributed by atoms with Gasteiger partial charge >= 0.3 is 186 Å². The molecule has 0 bridgehead atoms. The van der Waals surface area contributed by atoms with Crippen LogP contribution in [0.3, 0.4) is 0 Å². The van der Waals surface area contributed by atoms with Crippen molar-refractivity contribution in [1.82, 2.24) is 0 Å². The molecule has 0 aliphatic heterocycles. The molecule has 0 atom stereocenters. The first-order valence-corrected chi connectivity index (χ1v) is 21.6. The Bertz CT molecular complexity index is 548. The number of halogens is 4. The van der Waals surface area contributed by atoms with E-state index in [1.807, 2.05) is 0 Å². The minimum absolute atomic E-state index is 0.239. The third-order valence-electron chi connectivity index (χ3n) is 5.69. The summed E-state index contributed by atoms with van der Waals surface area (Å²) in [4.78, 5) is 0. The molecule has 150 valence electrons. The molecule has 1 rings (SSSR count). The van der Waals surface area contributed by atoms with Crippen LogP contribution in [0, 0.1) is 0 Å². The normalized spacial score (nSPS) is 12.4. The van der Waals surface area contributed by atoms with Crippen LogP contribution >= 0.6 is 46.4 Å². The molecule has 0 saturated heterocycles. The number of hydrogen-bond acceptors (Lipinski definition) is 2. The van der Waals surface area contributed by atoms with Crippen LogP contribution in [0.5, 0.6) is 11.5 Å². The number of hydrogen-bond donors (Lipinski definition) is 0. The van der Waals surface area contributed by atoms with Crippen LogP contribution in [-0.4, -0.2) is 27.2 Å². The molecule has 26 heavy (non-hydrogen) atoms. The van der Waals surface area contributed by atoms with Crippen LogP contribution < -0.4 is 7.53 Å². The van der Waals surface area contributed by atoms with Crippen molar-refractivity contribution in [2.45, 2.75) is 73.1 Å². The van der Waals surface area contributed by atoms with Crippen molar-refractivity contribution in [3.05, 3.63) is 20.1 Å². The summed E-state index contributed by atoms with van der Waals surface area (Å²) in [5, 5.41) is 7.30. The fraction of sp³-hybridized carbons (Fsp3) is 0.667. The fourth-order valence-corrected chi connectivity index (χ4v) is 15.1. The number of rotatable bonds is 10. The fourth-order valence-electron chi connectivity index (χ4n) is 3.14. The molecule has 0 aromatic heterocycles. The van der Waals surface area contributed by atoms with Gasteiger partial charge in [0.2, 0.25) is 0 Å². The molecule has 0 amide bonds. The molecular formula is C18H30Cl4Ge2O2. The Labute approximate surface area is 184 Å². The van der Waals surface area contributed by atoms with Crippen LogP contribution in [0.2, 0.25) is 51.6 Å². The maximum atomic E-state index is 6.64. The predicted molar refractivity (Wildman–Crippen MR) is 122 cm³/mol. The van der Waals surface area contributed by atoms with Crippen LogP contribution in [-0.2, 0) is 0 Å². The van der Waals surface area contributed by atoms with Gasteiger partial charge in [-0.15, -0.1) is 0 Å². The molecule has 0 heterocycles. The molecule has 1 aromatic carbocycles. The summed E-state index contributed by atoms with van der Waals surface area (Å²) in [7, 11) is 0. The molecule has 0 radical (unpaired) electrons. The second-order valence-electron chi connectivity index (χ2n) is 6.61. The van der Waals surface area contributed by atoms with Gasteiger partial charge in [-0.05, 0) is 0 Å².